The standard InChI is InChI=1S/C39H47F3N4O5/c1-24(2)17-33(46-22-27(12-15-45(6)7)30(20-34(46)47)39(40,41)42)37(50)44-32(21-35(48)49)31-19-28(36-25(3)9-8-10-26(36)4)18-29(43-31)11-13-38(5)14-16-51-23-38/h8-10,18-20,22,24,32-33H,12,14-17,21,23H2,1-7H3,(H,44,50)(H,48,49)/t32-,33-,38?/m0/s1. The zero-order valence-corrected chi connectivity index (χ0v) is 30.3. The van der Waals surface area contributed by atoms with Crippen molar-refractivity contribution in [2.24, 2.45) is 11.3 Å². The number of hydrogen-bond acceptors (Lipinski definition) is 6. The van der Waals surface area contributed by atoms with E-state index in [1.807, 2.05) is 58.9 Å². The van der Waals surface area contributed by atoms with Gasteiger partial charge in [0.1, 0.15) is 11.7 Å². The number of benzene rings is 1. The minimum atomic E-state index is -4.77. The van der Waals surface area contributed by atoms with Gasteiger partial charge in [-0.15, -0.1) is 0 Å². The van der Waals surface area contributed by atoms with E-state index in [4.69, 9.17) is 9.72 Å². The molecule has 1 amide bonds. The number of halogens is 3. The fourth-order valence-corrected chi connectivity index (χ4v) is 6.30. The Morgan fingerprint density at radius 1 is 1.16 bits per heavy atom. The molecule has 9 nitrogen and oxygen atoms in total. The molecule has 0 bridgehead atoms. The molecule has 0 spiro atoms. The van der Waals surface area contributed by atoms with E-state index in [1.54, 1.807) is 25.1 Å². The smallest absolute Gasteiger partial charge is 0.416 e. The van der Waals surface area contributed by atoms with E-state index in [2.05, 4.69) is 17.2 Å². The van der Waals surface area contributed by atoms with Crippen LogP contribution in [0.2, 0.25) is 0 Å². The number of carboxylic acid groups (broad SMARTS) is 1. The van der Waals surface area contributed by atoms with E-state index >= 15 is 0 Å². The lowest BCUT2D eigenvalue weighted by Gasteiger charge is -2.26. The van der Waals surface area contributed by atoms with Crippen molar-refractivity contribution in [3.8, 4) is 23.0 Å². The largest absolute Gasteiger partial charge is 0.481 e. The summed E-state index contributed by atoms with van der Waals surface area (Å²) in [5.41, 5.74) is 1.71. The fourth-order valence-electron chi connectivity index (χ4n) is 6.30. The molecule has 0 aliphatic carbocycles. The molecular formula is C39H47F3N4O5. The quantitative estimate of drug-likeness (QED) is 0.211. The molecule has 1 aromatic carbocycles. The molecule has 51 heavy (non-hydrogen) atoms. The summed E-state index contributed by atoms with van der Waals surface area (Å²) in [5, 5.41) is 12.8. The molecule has 3 aromatic rings. The number of hydrogen-bond donors (Lipinski definition) is 2. The Balaban J connectivity index is 1.83. The zero-order chi connectivity index (χ0) is 37.7. The van der Waals surface area contributed by atoms with Gasteiger partial charge in [0.15, 0.2) is 0 Å². The monoisotopic (exact) mass is 708 g/mol. The fraction of sp³-hybridized carbons (Fsp3) is 0.487. The van der Waals surface area contributed by atoms with Crippen molar-refractivity contribution in [2.75, 3.05) is 33.9 Å². The van der Waals surface area contributed by atoms with Gasteiger partial charge in [-0.25, -0.2) is 4.98 Å². The minimum absolute atomic E-state index is 0.0101. The van der Waals surface area contributed by atoms with Crippen LogP contribution in [-0.2, 0) is 26.9 Å². The van der Waals surface area contributed by atoms with Crippen LogP contribution in [0.3, 0.4) is 0 Å². The number of carbonyl (C=O) groups excluding carboxylic acids is 1. The first-order chi connectivity index (χ1) is 23.9. The van der Waals surface area contributed by atoms with Gasteiger partial charge in [0.25, 0.3) is 5.56 Å². The summed E-state index contributed by atoms with van der Waals surface area (Å²) in [7, 11) is 3.45. The van der Waals surface area contributed by atoms with Crippen molar-refractivity contribution >= 4 is 11.9 Å². The molecule has 3 heterocycles. The summed E-state index contributed by atoms with van der Waals surface area (Å²) < 4.78 is 48.6. The first-order valence-electron chi connectivity index (χ1n) is 17.1. The van der Waals surface area contributed by atoms with Gasteiger partial charge in [0.05, 0.1) is 35.7 Å². The Hall–Kier alpha value is -4.47. The molecule has 2 aromatic heterocycles. The van der Waals surface area contributed by atoms with Crippen LogP contribution in [0.1, 0.15) is 85.8 Å². The van der Waals surface area contributed by atoms with Gasteiger partial charge in [-0.1, -0.05) is 38.0 Å². The van der Waals surface area contributed by atoms with E-state index in [0.717, 1.165) is 39.4 Å². The van der Waals surface area contributed by atoms with Crippen LogP contribution in [-0.4, -0.2) is 65.3 Å². The molecule has 274 valence electrons. The summed E-state index contributed by atoms with van der Waals surface area (Å²) in [6.45, 7) is 10.9. The Bertz CT molecular complexity index is 1850. The lowest BCUT2D eigenvalue weighted by atomic mass is 9.90. The van der Waals surface area contributed by atoms with Crippen LogP contribution in [0.25, 0.3) is 11.1 Å². The van der Waals surface area contributed by atoms with Gasteiger partial charge in [0.2, 0.25) is 5.91 Å². The SMILES string of the molecule is Cc1cccc(C)c1-c1cc(C#CC2(C)CCOC2)nc([C@H](CC(=O)O)NC(=O)[C@H](CC(C)C)n2cc(CCN(C)C)c(C(F)(F)F)cc2=O)c1. The summed E-state index contributed by atoms with van der Waals surface area (Å²) in [5.74, 6) is 4.37. The predicted molar refractivity (Wildman–Crippen MR) is 189 cm³/mol. The van der Waals surface area contributed by atoms with Gasteiger partial charge in [0, 0.05) is 25.4 Å². The molecule has 1 aliphatic rings. The Kier molecular flexibility index (Phi) is 12.5. The third-order valence-corrected chi connectivity index (χ3v) is 9.01. The number of ether oxygens (including phenoxy) is 1. The summed E-state index contributed by atoms with van der Waals surface area (Å²) in [4.78, 5) is 46.2. The Morgan fingerprint density at radius 2 is 1.84 bits per heavy atom. The van der Waals surface area contributed by atoms with Gasteiger partial charge in [-0.05, 0) is 106 Å². The average molecular weight is 709 g/mol. The van der Waals surface area contributed by atoms with Gasteiger partial charge >= 0.3 is 12.1 Å². The number of aromatic nitrogens is 2. The van der Waals surface area contributed by atoms with Crippen LogP contribution in [0.4, 0.5) is 13.2 Å². The molecule has 12 heteroatoms. The van der Waals surface area contributed by atoms with Crippen LogP contribution < -0.4 is 10.9 Å². The highest BCUT2D eigenvalue weighted by molar-refractivity contribution is 5.82. The van der Waals surface area contributed by atoms with Crippen LogP contribution in [0.5, 0.6) is 0 Å². The van der Waals surface area contributed by atoms with E-state index < -0.39 is 47.7 Å². The van der Waals surface area contributed by atoms with E-state index in [9.17, 15) is 32.7 Å². The number of amides is 1. The van der Waals surface area contributed by atoms with Crippen molar-refractivity contribution in [1.82, 2.24) is 19.8 Å². The molecule has 1 saturated heterocycles. The van der Waals surface area contributed by atoms with Crippen molar-refractivity contribution in [1.29, 1.82) is 0 Å². The van der Waals surface area contributed by atoms with Gasteiger partial charge < -0.3 is 24.6 Å². The van der Waals surface area contributed by atoms with Crippen LogP contribution >= 0.6 is 0 Å². The number of likely N-dealkylation sites (N-methyl/N-ethyl adjacent to an activating group) is 1. The average Bonchev–Trinajstić information content (AvgIpc) is 3.47. The number of nitrogens with one attached hydrogen (secondary N) is 1. The van der Waals surface area contributed by atoms with Crippen molar-refractivity contribution in [3.05, 3.63) is 86.6 Å². The van der Waals surface area contributed by atoms with E-state index in [0.29, 0.717) is 25.0 Å². The zero-order valence-electron chi connectivity index (χ0n) is 30.3. The lowest BCUT2D eigenvalue weighted by molar-refractivity contribution is -0.139. The molecule has 2 N–H and O–H groups in total. The van der Waals surface area contributed by atoms with Crippen molar-refractivity contribution < 1.29 is 32.6 Å². The summed E-state index contributed by atoms with van der Waals surface area (Å²) in [6, 6.07) is 7.60. The number of aliphatic carboxylic acids is 1. The number of nitrogens with zero attached hydrogens (tertiary/aromatic N) is 3. The molecule has 1 fully saturated rings. The van der Waals surface area contributed by atoms with Gasteiger partial charge in [-0.2, -0.15) is 13.2 Å². The maximum absolute atomic E-state index is 14.2. The highest BCUT2D eigenvalue weighted by atomic mass is 19.4. The highest BCUT2D eigenvalue weighted by Crippen LogP contribution is 2.34. The summed E-state index contributed by atoms with van der Waals surface area (Å²) in [6.07, 6.45) is -3.34. The third-order valence-electron chi connectivity index (χ3n) is 9.01. The molecular weight excluding hydrogens is 661 g/mol. The maximum atomic E-state index is 14.2. The normalized spacial score (nSPS) is 17.3. The molecule has 4 rings (SSSR count). The molecule has 0 radical (unpaired) electrons. The third kappa shape index (κ3) is 10.3. The molecule has 3 atom stereocenters. The second-order valence-corrected chi connectivity index (χ2v) is 14.4. The first-order valence-corrected chi connectivity index (χ1v) is 17.1. The molecule has 0 saturated carbocycles. The number of pyridine rings is 2. The van der Waals surface area contributed by atoms with Crippen LogP contribution in [0, 0.1) is 37.0 Å². The molecule has 1 aliphatic heterocycles. The number of rotatable bonds is 12. The highest BCUT2D eigenvalue weighted by Gasteiger charge is 2.36. The maximum Gasteiger partial charge on any atom is 0.416 e. The number of carboxylic acids is 1. The Labute approximate surface area is 297 Å². The minimum Gasteiger partial charge on any atom is -0.481 e. The van der Waals surface area contributed by atoms with Crippen LogP contribution in [0.15, 0.2) is 47.4 Å². The topological polar surface area (TPSA) is 114 Å². The summed E-state index contributed by atoms with van der Waals surface area (Å²) >= 11 is 0. The Morgan fingerprint density at radius 3 is 2.41 bits per heavy atom. The number of alkyl halides is 3. The molecule has 1 unspecified atom stereocenters. The lowest BCUT2D eigenvalue weighted by Crippen LogP contribution is -2.41. The van der Waals surface area contributed by atoms with Crippen molar-refractivity contribution in [3.63, 3.8) is 0 Å². The van der Waals surface area contributed by atoms with E-state index in [-0.39, 0.29) is 42.0 Å². The number of carbonyl (C=O) groups is 2. The number of aryl methyl sites for hydroxylation is 2. The second kappa shape index (κ2) is 16.3. The predicted octanol–water partition coefficient (Wildman–Crippen LogP) is 6.35. The second-order valence-electron chi connectivity index (χ2n) is 14.4. The van der Waals surface area contributed by atoms with Gasteiger partial charge in [-0.3, -0.25) is 14.4 Å². The first kappa shape index (κ1) is 39.3. The van der Waals surface area contributed by atoms with E-state index in [1.165, 1.54) is 0 Å². The van der Waals surface area contributed by atoms with Crippen molar-refractivity contribution in [2.45, 2.75) is 78.6 Å².